The van der Waals surface area contributed by atoms with Gasteiger partial charge in [-0.2, -0.15) is 0 Å². The molecular formula is C20H21N. The molecule has 3 rings (SSSR count). The van der Waals surface area contributed by atoms with Crippen LogP contribution in [0.1, 0.15) is 30.9 Å². The van der Waals surface area contributed by atoms with E-state index in [1.807, 2.05) is 0 Å². The third-order valence-electron chi connectivity index (χ3n) is 3.95. The molecule has 1 heterocycles. The predicted octanol–water partition coefficient (Wildman–Crippen LogP) is 5.58. The molecule has 0 amide bonds. The van der Waals surface area contributed by atoms with Crippen LogP contribution < -0.4 is 0 Å². The average Bonchev–Trinajstić information content (AvgIpc) is 2.96. The average molecular weight is 275 g/mol. The van der Waals surface area contributed by atoms with Crippen LogP contribution in [0.2, 0.25) is 0 Å². The highest BCUT2D eigenvalue weighted by Crippen LogP contribution is 2.31. The minimum Gasteiger partial charge on any atom is -0.316 e. The van der Waals surface area contributed by atoms with Gasteiger partial charge in [0.15, 0.2) is 0 Å². The number of para-hydroxylation sites is 1. The second-order valence-electron chi connectivity index (χ2n) is 5.80. The Morgan fingerprint density at radius 3 is 2.29 bits per heavy atom. The molecule has 0 saturated heterocycles. The quantitative estimate of drug-likeness (QED) is 0.588. The maximum absolute atomic E-state index is 2.32. The fraction of sp³-hybridized carbons (Fsp3) is 0.200. The Kier molecular flexibility index (Phi) is 3.66. The molecule has 0 spiro atoms. The molecule has 1 aromatic heterocycles. The van der Waals surface area contributed by atoms with Crippen LogP contribution in [-0.2, 0) is 0 Å². The van der Waals surface area contributed by atoms with Gasteiger partial charge < -0.3 is 4.57 Å². The monoisotopic (exact) mass is 275 g/mol. The third-order valence-corrected chi connectivity index (χ3v) is 3.95. The van der Waals surface area contributed by atoms with E-state index in [-0.39, 0.29) is 0 Å². The zero-order valence-electron chi connectivity index (χ0n) is 12.9. The summed E-state index contributed by atoms with van der Waals surface area (Å²) in [5.74, 6) is 0.505. The Bertz CT molecular complexity index is 736. The van der Waals surface area contributed by atoms with Gasteiger partial charge in [-0.3, -0.25) is 0 Å². The summed E-state index contributed by atoms with van der Waals surface area (Å²) in [4.78, 5) is 0. The summed E-state index contributed by atoms with van der Waals surface area (Å²) in [6, 6.07) is 21.5. The van der Waals surface area contributed by atoms with Crippen LogP contribution in [0.15, 0.2) is 66.9 Å². The molecule has 0 aliphatic rings. The molecule has 3 aromatic rings. The van der Waals surface area contributed by atoms with Gasteiger partial charge >= 0.3 is 0 Å². The van der Waals surface area contributed by atoms with E-state index in [9.17, 15) is 0 Å². The molecule has 0 saturated carbocycles. The lowest BCUT2D eigenvalue weighted by atomic mass is 9.97. The lowest BCUT2D eigenvalue weighted by Crippen LogP contribution is -2.04. The highest BCUT2D eigenvalue weighted by atomic mass is 15.0. The number of aryl methyl sites for hydroxylation is 1. The van der Waals surface area contributed by atoms with Gasteiger partial charge in [0.1, 0.15) is 0 Å². The Morgan fingerprint density at radius 2 is 1.57 bits per heavy atom. The van der Waals surface area contributed by atoms with Gasteiger partial charge in [-0.05, 0) is 41.7 Å². The van der Waals surface area contributed by atoms with E-state index in [4.69, 9.17) is 0 Å². The van der Waals surface area contributed by atoms with Crippen LogP contribution in [0, 0.1) is 6.92 Å². The van der Waals surface area contributed by atoms with Gasteiger partial charge in [0.2, 0.25) is 0 Å². The second-order valence-corrected chi connectivity index (χ2v) is 5.80. The smallest absolute Gasteiger partial charge is 0.0528 e. The van der Waals surface area contributed by atoms with E-state index in [2.05, 4.69) is 92.2 Å². The summed E-state index contributed by atoms with van der Waals surface area (Å²) in [6.45, 7) is 6.70. The molecule has 1 heteroatoms. The number of aromatic nitrogens is 1. The van der Waals surface area contributed by atoms with Crippen molar-refractivity contribution in [1.29, 1.82) is 0 Å². The van der Waals surface area contributed by atoms with Crippen LogP contribution in [0.5, 0.6) is 0 Å². The SMILES string of the molecule is Cc1cccc(C(C)C)c1-n1cccc1-c1ccccc1. The van der Waals surface area contributed by atoms with E-state index < -0.39 is 0 Å². The van der Waals surface area contributed by atoms with Gasteiger partial charge in [0, 0.05) is 6.20 Å². The Hall–Kier alpha value is -2.28. The van der Waals surface area contributed by atoms with Gasteiger partial charge in [-0.1, -0.05) is 62.4 Å². The lowest BCUT2D eigenvalue weighted by Gasteiger charge is -2.19. The number of hydrogen-bond donors (Lipinski definition) is 0. The molecule has 1 nitrogen and oxygen atoms in total. The largest absolute Gasteiger partial charge is 0.316 e. The van der Waals surface area contributed by atoms with Crippen molar-refractivity contribution in [3.63, 3.8) is 0 Å². The molecule has 0 atom stereocenters. The first-order valence-electron chi connectivity index (χ1n) is 7.51. The van der Waals surface area contributed by atoms with Crippen molar-refractivity contribution in [2.45, 2.75) is 26.7 Å². The number of rotatable bonds is 3. The predicted molar refractivity (Wildman–Crippen MR) is 90.0 cm³/mol. The van der Waals surface area contributed by atoms with Crippen LogP contribution in [0.3, 0.4) is 0 Å². The van der Waals surface area contributed by atoms with Crippen molar-refractivity contribution in [3.05, 3.63) is 78.0 Å². The van der Waals surface area contributed by atoms with Crippen LogP contribution in [0.4, 0.5) is 0 Å². The van der Waals surface area contributed by atoms with Crippen LogP contribution in [-0.4, -0.2) is 4.57 Å². The van der Waals surface area contributed by atoms with E-state index >= 15 is 0 Å². The van der Waals surface area contributed by atoms with Crippen molar-refractivity contribution in [2.75, 3.05) is 0 Å². The minimum absolute atomic E-state index is 0.505. The van der Waals surface area contributed by atoms with Crippen molar-refractivity contribution < 1.29 is 0 Å². The Balaban J connectivity index is 2.22. The first kappa shape index (κ1) is 13.7. The lowest BCUT2D eigenvalue weighted by molar-refractivity contribution is 0.845. The number of hydrogen-bond acceptors (Lipinski definition) is 0. The van der Waals surface area contributed by atoms with E-state index in [0.29, 0.717) is 5.92 Å². The fourth-order valence-electron chi connectivity index (χ4n) is 2.90. The topological polar surface area (TPSA) is 4.93 Å². The first-order chi connectivity index (χ1) is 10.2. The standard InChI is InChI=1S/C20H21N/c1-15(2)18-12-7-9-16(3)20(18)21-14-8-13-19(21)17-10-5-4-6-11-17/h4-15H,1-3H3. The minimum atomic E-state index is 0.505. The molecule has 106 valence electrons. The Morgan fingerprint density at radius 1 is 0.810 bits per heavy atom. The van der Waals surface area contributed by atoms with Crippen LogP contribution >= 0.6 is 0 Å². The van der Waals surface area contributed by atoms with Gasteiger partial charge in [-0.25, -0.2) is 0 Å². The van der Waals surface area contributed by atoms with E-state index in [1.54, 1.807) is 0 Å². The highest BCUT2D eigenvalue weighted by Gasteiger charge is 2.13. The van der Waals surface area contributed by atoms with Crippen LogP contribution in [0.25, 0.3) is 16.9 Å². The van der Waals surface area contributed by atoms with Gasteiger partial charge in [0.25, 0.3) is 0 Å². The second kappa shape index (κ2) is 5.61. The molecule has 0 bridgehead atoms. The Labute approximate surface area is 126 Å². The van der Waals surface area contributed by atoms with Crippen molar-refractivity contribution in [1.82, 2.24) is 4.57 Å². The zero-order valence-corrected chi connectivity index (χ0v) is 12.9. The van der Waals surface area contributed by atoms with Crippen molar-refractivity contribution >= 4 is 0 Å². The summed E-state index contributed by atoms with van der Waals surface area (Å²) in [7, 11) is 0. The molecular weight excluding hydrogens is 254 g/mol. The molecule has 0 aliphatic heterocycles. The molecule has 0 N–H and O–H groups in total. The molecule has 21 heavy (non-hydrogen) atoms. The van der Waals surface area contributed by atoms with Gasteiger partial charge in [-0.15, -0.1) is 0 Å². The number of nitrogens with zero attached hydrogens (tertiary/aromatic N) is 1. The van der Waals surface area contributed by atoms with E-state index in [0.717, 1.165) is 0 Å². The summed E-state index contributed by atoms with van der Waals surface area (Å²) >= 11 is 0. The third kappa shape index (κ3) is 2.52. The molecule has 0 radical (unpaired) electrons. The highest BCUT2D eigenvalue weighted by molar-refractivity contribution is 5.65. The summed E-state index contributed by atoms with van der Waals surface area (Å²) in [6.07, 6.45) is 2.16. The summed E-state index contributed by atoms with van der Waals surface area (Å²) in [5, 5.41) is 0. The summed E-state index contributed by atoms with van der Waals surface area (Å²) in [5.41, 5.74) is 6.52. The van der Waals surface area contributed by atoms with E-state index in [1.165, 1.54) is 28.1 Å². The molecule has 0 aliphatic carbocycles. The molecule has 2 aromatic carbocycles. The number of benzene rings is 2. The summed E-state index contributed by atoms with van der Waals surface area (Å²) < 4.78 is 2.32. The normalized spacial score (nSPS) is 11.0. The molecule has 0 unspecified atom stereocenters. The van der Waals surface area contributed by atoms with Crippen molar-refractivity contribution in [3.8, 4) is 16.9 Å². The zero-order chi connectivity index (χ0) is 14.8. The fourth-order valence-corrected chi connectivity index (χ4v) is 2.90. The van der Waals surface area contributed by atoms with Gasteiger partial charge in [0.05, 0.1) is 11.4 Å². The maximum atomic E-state index is 2.32. The van der Waals surface area contributed by atoms with Crippen molar-refractivity contribution in [2.24, 2.45) is 0 Å². The maximum Gasteiger partial charge on any atom is 0.0528 e. The first-order valence-corrected chi connectivity index (χ1v) is 7.51. The molecule has 0 fully saturated rings.